The second kappa shape index (κ2) is 12.7. The SMILES string of the molecule is c1ccc(-c2c(-c3ccc(-c4c5ccccc5c(-c5ccc(-c6cccc7c6oc6ccccc67)cc5)c5ccccc45)cc3)ccc3ccccc23)cc1. The van der Waals surface area contributed by atoms with Gasteiger partial charge < -0.3 is 4.42 Å². The smallest absolute Gasteiger partial charge is 0.143 e. The Balaban J connectivity index is 1.04. The Labute approximate surface area is 319 Å². The van der Waals surface area contributed by atoms with Gasteiger partial charge in [0.05, 0.1) is 0 Å². The van der Waals surface area contributed by atoms with Crippen molar-refractivity contribution in [2.24, 2.45) is 0 Å². The van der Waals surface area contributed by atoms with Crippen LogP contribution < -0.4 is 0 Å². The Bertz CT molecular complexity index is 3170. The molecule has 0 spiro atoms. The molecule has 55 heavy (non-hydrogen) atoms. The molecule has 1 heterocycles. The van der Waals surface area contributed by atoms with Crippen molar-refractivity contribution >= 4 is 54.3 Å². The summed E-state index contributed by atoms with van der Waals surface area (Å²) in [6.07, 6.45) is 0. The predicted molar refractivity (Wildman–Crippen MR) is 233 cm³/mol. The second-order valence-corrected chi connectivity index (χ2v) is 14.4. The van der Waals surface area contributed by atoms with Crippen LogP contribution in [0.1, 0.15) is 0 Å². The average molecular weight is 699 g/mol. The molecular weight excluding hydrogens is 665 g/mol. The van der Waals surface area contributed by atoms with E-state index in [4.69, 9.17) is 4.42 Å². The zero-order chi connectivity index (χ0) is 36.3. The highest BCUT2D eigenvalue weighted by atomic mass is 16.3. The van der Waals surface area contributed by atoms with Crippen molar-refractivity contribution in [2.45, 2.75) is 0 Å². The van der Waals surface area contributed by atoms with Gasteiger partial charge >= 0.3 is 0 Å². The Kier molecular flexibility index (Phi) is 7.25. The fourth-order valence-electron chi connectivity index (χ4n) is 8.79. The predicted octanol–water partition coefficient (Wildman–Crippen LogP) is 15.4. The highest BCUT2D eigenvalue weighted by Crippen LogP contribution is 2.45. The number of fused-ring (bicyclic) bond motifs is 6. The number of hydrogen-bond donors (Lipinski definition) is 0. The highest BCUT2D eigenvalue weighted by molar-refractivity contribution is 6.21. The Morgan fingerprint density at radius 2 is 0.691 bits per heavy atom. The van der Waals surface area contributed by atoms with E-state index in [0.29, 0.717) is 0 Å². The van der Waals surface area contributed by atoms with Crippen LogP contribution in [0.2, 0.25) is 0 Å². The number of furan rings is 1. The fourth-order valence-corrected chi connectivity index (χ4v) is 8.79. The molecule has 11 aromatic rings. The molecule has 0 saturated carbocycles. The highest BCUT2D eigenvalue weighted by Gasteiger charge is 2.18. The van der Waals surface area contributed by atoms with Crippen molar-refractivity contribution in [3.8, 4) is 55.6 Å². The van der Waals surface area contributed by atoms with Gasteiger partial charge in [0.1, 0.15) is 11.2 Å². The summed E-state index contributed by atoms with van der Waals surface area (Å²) < 4.78 is 6.40. The molecule has 11 rings (SSSR count). The van der Waals surface area contributed by atoms with Crippen LogP contribution >= 0.6 is 0 Å². The molecule has 0 aliphatic heterocycles. The van der Waals surface area contributed by atoms with Crippen LogP contribution in [-0.4, -0.2) is 0 Å². The normalized spacial score (nSPS) is 11.6. The van der Waals surface area contributed by atoms with Crippen LogP contribution in [0.25, 0.3) is 110 Å². The van der Waals surface area contributed by atoms with Gasteiger partial charge in [0.25, 0.3) is 0 Å². The topological polar surface area (TPSA) is 13.1 Å². The van der Waals surface area contributed by atoms with Crippen molar-refractivity contribution < 1.29 is 4.42 Å². The van der Waals surface area contributed by atoms with Crippen LogP contribution in [0, 0.1) is 0 Å². The third-order valence-corrected chi connectivity index (χ3v) is 11.3. The minimum Gasteiger partial charge on any atom is -0.455 e. The molecule has 256 valence electrons. The third-order valence-electron chi connectivity index (χ3n) is 11.3. The molecule has 0 saturated heterocycles. The first-order chi connectivity index (χ1) is 27.3. The van der Waals surface area contributed by atoms with E-state index in [-0.39, 0.29) is 0 Å². The molecule has 0 aliphatic rings. The number of para-hydroxylation sites is 2. The van der Waals surface area contributed by atoms with Crippen LogP contribution in [0.15, 0.2) is 211 Å². The van der Waals surface area contributed by atoms with Crippen molar-refractivity contribution in [2.75, 3.05) is 0 Å². The molecule has 0 atom stereocenters. The largest absolute Gasteiger partial charge is 0.455 e. The lowest BCUT2D eigenvalue weighted by Gasteiger charge is -2.18. The summed E-state index contributed by atoms with van der Waals surface area (Å²) in [6, 6.07) is 74.7. The van der Waals surface area contributed by atoms with Crippen LogP contribution in [0.3, 0.4) is 0 Å². The Morgan fingerprint density at radius 1 is 0.236 bits per heavy atom. The molecule has 1 aromatic heterocycles. The summed E-state index contributed by atoms with van der Waals surface area (Å²) in [5, 5.41) is 9.79. The molecule has 1 heteroatoms. The van der Waals surface area contributed by atoms with Gasteiger partial charge in [-0.2, -0.15) is 0 Å². The average Bonchev–Trinajstić information content (AvgIpc) is 3.65. The van der Waals surface area contributed by atoms with E-state index in [1.807, 2.05) is 12.1 Å². The lowest BCUT2D eigenvalue weighted by molar-refractivity contribution is 0.670. The van der Waals surface area contributed by atoms with Crippen molar-refractivity contribution in [3.05, 3.63) is 206 Å². The summed E-state index contributed by atoms with van der Waals surface area (Å²) in [5.74, 6) is 0. The molecule has 0 N–H and O–H groups in total. The van der Waals surface area contributed by atoms with E-state index in [0.717, 1.165) is 33.1 Å². The first-order valence-electron chi connectivity index (χ1n) is 18.9. The Hall–Kier alpha value is -7.22. The summed E-state index contributed by atoms with van der Waals surface area (Å²) >= 11 is 0. The van der Waals surface area contributed by atoms with Gasteiger partial charge in [-0.25, -0.2) is 0 Å². The van der Waals surface area contributed by atoms with Gasteiger partial charge in [-0.05, 0) is 88.5 Å². The van der Waals surface area contributed by atoms with Gasteiger partial charge in [-0.15, -0.1) is 0 Å². The fraction of sp³-hybridized carbons (Fsp3) is 0. The van der Waals surface area contributed by atoms with E-state index in [2.05, 4.69) is 194 Å². The van der Waals surface area contributed by atoms with Crippen LogP contribution in [0.4, 0.5) is 0 Å². The van der Waals surface area contributed by atoms with Gasteiger partial charge in [-0.3, -0.25) is 0 Å². The van der Waals surface area contributed by atoms with E-state index >= 15 is 0 Å². The zero-order valence-corrected chi connectivity index (χ0v) is 30.0. The van der Waals surface area contributed by atoms with E-state index < -0.39 is 0 Å². The second-order valence-electron chi connectivity index (χ2n) is 14.4. The van der Waals surface area contributed by atoms with Crippen LogP contribution in [0.5, 0.6) is 0 Å². The van der Waals surface area contributed by atoms with Gasteiger partial charge in [-0.1, -0.05) is 200 Å². The summed E-state index contributed by atoms with van der Waals surface area (Å²) in [4.78, 5) is 0. The number of hydrogen-bond acceptors (Lipinski definition) is 1. The van der Waals surface area contributed by atoms with Gasteiger partial charge in [0.2, 0.25) is 0 Å². The Morgan fingerprint density at radius 3 is 1.31 bits per heavy atom. The first kappa shape index (κ1) is 31.3. The maximum Gasteiger partial charge on any atom is 0.143 e. The van der Waals surface area contributed by atoms with Crippen molar-refractivity contribution in [1.29, 1.82) is 0 Å². The van der Waals surface area contributed by atoms with E-state index in [9.17, 15) is 0 Å². The standard InChI is InChI=1S/C54H34O/c1-2-14-38(15-3-1)51-41-16-5-4-13-35(41)33-34-42(51)36-25-29-39(30-26-36)52-45-18-6-8-20-47(45)53(48-21-9-7-19-46(48)52)40-31-27-37(28-32-40)43-22-12-23-49-44-17-10-11-24-50(44)55-54(43)49/h1-34H. The van der Waals surface area contributed by atoms with E-state index in [1.165, 1.54) is 76.8 Å². The number of rotatable bonds is 5. The third kappa shape index (κ3) is 5.09. The minimum absolute atomic E-state index is 0.917. The van der Waals surface area contributed by atoms with Crippen molar-refractivity contribution in [1.82, 2.24) is 0 Å². The molecule has 1 nitrogen and oxygen atoms in total. The molecule has 0 radical (unpaired) electrons. The molecule has 0 bridgehead atoms. The first-order valence-corrected chi connectivity index (χ1v) is 18.9. The van der Waals surface area contributed by atoms with Crippen molar-refractivity contribution in [3.63, 3.8) is 0 Å². The zero-order valence-electron chi connectivity index (χ0n) is 30.0. The lowest BCUT2D eigenvalue weighted by Crippen LogP contribution is -1.91. The van der Waals surface area contributed by atoms with Crippen LogP contribution in [-0.2, 0) is 0 Å². The quantitative estimate of drug-likeness (QED) is 0.163. The monoisotopic (exact) mass is 698 g/mol. The molecule has 0 fully saturated rings. The minimum atomic E-state index is 0.917. The maximum atomic E-state index is 6.40. The van der Waals surface area contributed by atoms with Gasteiger partial charge in [0, 0.05) is 16.3 Å². The summed E-state index contributed by atoms with van der Waals surface area (Å²) in [6.45, 7) is 0. The lowest BCUT2D eigenvalue weighted by atomic mass is 9.85. The summed E-state index contributed by atoms with van der Waals surface area (Å²) in [5.41, 5.74) is 13.9. The van der Waals surface area contributed by atoms with Gasteiger partial charge in [0.15, 0.2) is 0 Å². The summed E-state index contributed by atoms with van der Waals surface area (Å²) in [7, 11) is 0. The number of benzene rings is 10. The molecule has 0 amide bonds. The molecular formula is C54H34O. The molecule has 10 aromatic carbocycles. The molecule has 0 aliphatic carbocycles. The maximum absolute atomic E-state index is 6.40. The molecule has 0 unspecified atom stereocenters. The van der Waals surface area contributed by atoms with E-state index in [1.54, 1.807) is 0 Å².